The van der Waals surface area contributed by atoms with Crippen LogP contribution < -0.4 is 10.2 Å². The van der Waals surface area contributed by atoms with Crippen LogP contribution in [0.3, 0.4) is 0 Å². The number of carbonyl (C=O) groups excluding carboxylic acids is 2. The maximum atomic E-state index is 12.6. The Morgan fingerprint density at radius 2 is 1.64 bits per heavy atom. The van der Waals surface area contributed by atoms with Gasteiger partial charge in [-0.25, -0.2) is 0 Å². The van der Waals surface area contributed by atoms with Crippen LogP contribution in [0.1, 0.15) is 11.6 Å². The van der Waals surface area contributed by atoms with Crippen molar-refractivity contribution in [2.45, 2.75) is 6.04 Å². The molecule has 132 valence electrons. The molecule has 2 amide bonds. The molecule has 0 aliphatic heterocycles. The number of carbonyl (C=O) groups is 2. The fraction of sp³-hybridized carbons (Fsp3) is 0.263. The van der Waals surface area contributed by atoms with Gasteiger partial charge in [-0.3, -0.25) is 14.5 Å². The van der Waals surface area contributed by atoms with Crippen molar-refractivity contribution in [1.29, 1.82) is 0 Å². The first-order valence-electron chi connectivity index (χ1n) is 7.93. The lowest BCUT2D eigenvalue weighted by Crippen LogP contribution is -2.43. The standard InChI is InChI=1S/C19H22ClN3O2/c1-21-19(25)18(14-9-11-15(20)12-10-14)22(2)13-17(24)23(3)16-7-5-4-6-8-16/h4-12,18H,13H2,1-3H3,(H,21,25). The van der Waals surface area contributed by atoms with Gasteiger partial charge in [0.2, 0.25) is 11.8 Å². The molecule has 1 unspecified atom stereocenters. The number of hydrogen-bond acceptors (Lipinski definition) is 3. The minimum Gasteiger partial charge on any atom is -0.358 e. The summed E-state index contributed by atoms with van der Waals surface area (Å²) in [5, 5.41) is 3.25. The van der Waals surface area contributed by atoms with Crippen LogP contribution in [0.4, 0.5) is 5.69 Å². The summed E-state index contributed by atoms with van der Waals surface area (Å²) < 4.78 is 0. The van der Waals surface area contributed by atoms with Crippen LogP contribution in [-0.2, 0) is 9.59 Å². The smallest absolute Gasteiger partial charge is 0.241 e. The Morgan fingerprint density at radius 3 is 2.20 bits per heavy atom. The lowest BCUT2D eigenvalue weighted by Gasteiger charge is -2.28. The maximum absolute atomic E-state index is 12.6. The van der Waals surface area contributed by atoms with E-state index >= 15 is 0 Å². The third-order valence-electron chi connectivity index (χ3n) is 4.02. The summed E-state index contributed by atoms with van der Waals surface area (Å²) in [6.07, 6.45) is 0. The van der Waals surface area contributed by atoms with Gasteiger partial charge in [-0.15, -0.1) is 0 Å². The van der Waals surface area contributed by atoms with Gasteiger partial charge in [0.25, 0.3) is 0 Å². The fourth-order valence-corrected chi connectivity index (χ4v) is 2.72. The monoisotopic (exact) mass is 359 g/mol. The van der Waals surface area contributed by atoms with Gasteiger partial charge in [-0.1, -0.05) is 41.9 Å². The number of hydrogen-bond donors (Lipinski definition) is 1. The number of para-hydroxylation sites is 1. The second kappa shape index (κ2) is 8.65. The van der Waals surface area contributed by atoms with Gasteiger partial charge in [0.1, 0.15) is 6.04 Å². The predicted octanol–water partition coefficient (Wildman–Crippen LogP) is 2.72. The van der Waals surface area contributed by atoms with Crippen LogP contribution in [0.5, 0.6) is 0 Å². The van der Waals surface area contributed by atoms with Crippen LogP contribution in [0.2, 0.25) is 5.02 Å². The van der Waals surface area contributed by atoms with E-state index < -0.39 is 6.04 Å². The number of rotatable bonds is 6. The van der Waals surface area contributed by atoms with Gasteiger partial charge in [-0.05, 0) is 36.9 Å². The molecule has 0 heterocycles. The molecule has 6 heteroatoms. The number of benzene rings is 2. The molecule has 0 saturated carbocycles. The molecule has 0 saturated heterocycles. The highest BCUT2D eigenvalue weighted by Gasteiger charge is 2.26. The van der Waals surface area contributed by atoms with E-state index in [9.17, 15) is 9.59 Å². The van der Waals surface area contributed by atoms with Gasteiger partial charge in [-0.2, -0.15) is 0 Å². The zero-order valence-corrected chi connectivity index (χ0v) is 15.3. The number of halogens is 1. The lowest BCUT2D eigenvalue weighted by atomic mass is 10.0. The van der Waals surface area contributed by atoms with Crippen molar-refractivity contribution in [3.63, 3.8) is 0 Å². The largest absolute Gasteiger partial charge is 0.358 e. The first-order valence-corrected chi connectivity index (χ1v) is 8.30. The zero-order chi connectivity index (χ0) is 18.4. The lowest BCUT2D eigenvalue weighted by molar-refractivity contribution is -0.127. The molecular formula is C19H22ClN3O2. The van der Waals surface area contributed by atoms with Crippen molar-refractivity contribution in [2.24, 2.45) is 0 Å². The number of nitrogens with one attached hydrogen (secondary N) is 1. The number of likely N-dealkylation sites (N-methyl/N-ethyl adjacent to an activating group) is 3. The quantitative estimate of drug-likeness (QED) is 0.862. The van der Waals surface area contributed by atoms with E-state index in [-0.39, 0.29) is 18.4 Å². The van der Waals surface area contributed by atoms with E-state index in [1.54, 1.807) is 55.2 Å². The topological polar surface area (TPSA) is 52.7 Å². The van der Waals surface area contributed by atoms with E-state index in [0.717, 1.165) is 11.3 Å². The molecule has 0 aliphatic carbocycles. The molecule has 1 N–H and O–H groups in total. The predicted molar refractivity (Wildman–Crippen MR) is 101 cm³/mol. The third-order valence-corrected chi connectivity index (χ3v) is 4.28. The van der Waals surface area contributed by atoms with Crippen LogP contribution in [0, 0.1) is 0 Å². The molecule has 0 bridgehead atoms. The normalized spacial score (nSPS) is 11.9. The molecule has 1 atom stereocenters. The molecule has 0 aliphatic rings. The van der Waals surface area contributed by atoms with Crippen LogP contribution in [-0.4, -0.2) is 44.4 Å². The molecule has 0 radical (unpaired) electrons. The van der Waals surface area contributed by atoms with Crippen molar-refractivity contribution in [2.75, 3.05) is 32.6 Å². The van der Waals surface area contributed by atoms with Crippen molar-refractivity contribution >= 4 is 29.1 Å². The van der Waals surface area contributed by atoms with Crippen LogP contribution in [0.15, 0.2) is 54.6 Å². The molecule has 2 rings (SSSR count). The Labute approximate surface area is 153 Å². The Morgan fingerprint density at radius 1 is 1.04 bits per heavy atom. The first-order chi connectivity index (χ1) is 11.9. The molecule has 5 nitrogen and oxygen atoms in total. The van der Waals surface area contributed by atoms with E-state index in [2.05, 4.69) is 5.32 Å². The minimum absolute atomic E-state index is 0.100. The molecule has 0 fully saturated rings. The first kappa shape index (κ1) is 19.0. The van der Waals surface area contributed by atoms with Crippen molar-refractivity contribution < 1.29 is 9.59 Å². The Bertz CT molecular complexity index is 719. The molecule has 2 aromatic rings. The summed E-state index contributed by atoms with van der Waals surface area (Å²) >= 11 is 5.93. The summed E-state index contributed by atoms with van der Waals surface area (Å²) in [5.74, 6) is -0.281. The van der Waals surface area contributed by atoms with Crippen LogP contribution in [0.25, 0.3) is 0 Å². The van der Waals surface area contributed by atoms with Gasteiger partial charge in [0.15, 0.2) is 0 Å². The Balaban J connectivity index is 2.16. The van der Waals surface area contributed by atoms with Gasteiger partial charge in [0, 0.05) is 24.8 Å². The van der Waals surface area contributed by atoms with Gasteiger partial charge >= 0.3 is 0 Å². The summed E-state index contributed by atoms with van der Waals surface area (Å²) in [6, 6.07) is 15.9. The van der Waals surface area contributed by atoms with Crippen molar-refractivity contribution in [1.82, 2.24) is 10.2 Å². The Kier molecular flexibility index (Phi) is 6.56. The van der Waals surface area contributed by atoms with E-state index in [0.29, 0.717) is 5.02 Å². The second-order valence-electron chi connectivity index (χ2n) is 5.77. The molecule has 0 spiro atoms. The fourth-order valence-electron chi connectivity index (χ4n) is 2.59. The van der Waals surface area contributed by atoms with Gasteiger partial charge < -0.3 is 10.2 Å². The number of anilines is 1. The highest BCUT2D eigenvalue weighted by Crippen LogP contribution is 2.22. The minimum atomic E-state index is -0.574. The van der Waals surface area contributed by atoms with E-state index in [1.807, 2.05) is 30.3 Å². The van der Waals surface area contributed by atoms with Crippen LogP contribution >= 0.6 is 11.6 Å². The summed E-state index contributed by atoms with van der Waals surface area (Å²) in [7, 11) is 5.06. The number of nitrogens with zero attached hydrogens (tertiary/aromatic N) is 2. The summed E-state index contributed by atoms with van der Waals surface area (Å²) in [5.41, 5.74) is 1.59. The molecular weight excluding hydrogens is 338 g/mol. The van der Waals surface area contributed by atoms with Gasteiger partial charge in [0.05, 0.1) is 6.54 Å². The molecule has 2 aromatic carbocycles. The summed E-state index contributed by atoms with van der Waals surface area (Å²) in [4.78, 5) is 28.2. The second-order valence-corrected chi connectivity index (χ2v) is 6.21. The van der Waals surface area contributed by atoms with E-state index in [1.165, 1.54) is 0 Å². The zero-order valence-electron chi connectivity index (χ0n) is 14.6. The summed E-state index contributed by atoms with van der Waals surface area (Å²) in [6.45, 7) is 0.103. The highest BCUT2D eigenvalue weighted by atomic mass is 35.5. The highest BCUT2D eigenvalue weighted by molar-refractivity contribution is 6.30. The van der Waals surface area contributed by atoms with Crippen molar-refractivity contribution in [3.8, 4) is 0 Å². The van der Waals surface area contributed by atoms with Crippen molar-refractivity contribution in [3.05, 3.63) is 65.2 Å². The molecule has 0 aromatic heterocycles. The van der Waals surface area contributed by atoms with E-state index in [4.69, 9.17) is 11.6 Å². The third kappa shape index (κ3) is 4.81. The maximum Gasteiger partial charge on any atom is 0.241 e. The SMILES string of the molecule is CNC(=O)C(c1ccc(Cl)cc1)N(C)CC(=O)N(C)c1ccccc1. The molecule has 25 heavy (non-hydrogen) atoms. The average molecular weight is 360 g/mol. The Hall–Kier alpha value is -2.37. The number of amides is 2. The average Bonchev–Trinajstić information content (AvgIpc) is 2.63.